The quantitative estimate of drug-likeness (QED) is 0.0571. The van der Waals surface area contributed by atoms with Crippen molar-refractivity contribution in [1.29, 1.82) is 0 Å². The van der Waals surface area contributed by atoms with Crippen molar-refractivity contribution < 1.29 is 58.2 Å². The molecule has 2 unspecified atom stereocenters. The zero-order chi connectivity index (χ0) is 38.6. The Labute approximate surface area is 294 Å². The van der Waals surface area contributed by atoms with Crippen molar-refractivity contribution in [3.63, 3.8) is 0 Å². The van der Waals surface area contributed by atoms with Gasteiger partial charge in [-0.3, -0.25) is 4.18 Å². The molecule has 4 rings (SSSR count). The average Bonchev–Trinajstić information content (AvgIpc) is 3.08. The molecule has 280 valence electrons. The van der Waals surface area contributed by atoms with Gasteiger partial charge in [0.1, 0.15) is 10.9 Å². The van der Waals surface area contributed by atoms with Crippen LogP contribution in [0.15, 0.2) is 57.6 Å². The molecule has 0 amide bonds. The fourth-order valence-corrected chi connectivity index (χ4v) is 5.67. The monoisotopic (exact) mass is 772 g/mol. The van der Waals surface area contributed by atoms with Crippen LogP contribution in [0.4, 0.5) is 47.8 Å². The summed E-state index contributed by atoms with van der Waals surface area (Å²) < 4.78 is 105. The summed E-state index contributed by atoms with van der Waals surface area (Å²) in [5.74, 6) is -3.06. The maximum atomic E-state index is 13.7. The van der Waals surface area contributed by atoms with E-state index in [0.29, 0.717) is 12.7 Å². The van der Waals surface area contributed by atoms with Gasteiger partial charge in [-0.1, -0.05) is 32.4 Å². The largest absolute Gasteiger partial charge is 0.505 e. The van der Waals surface area contributed by atoms with Gasteiger partial charge in [0.25, 0.3) is 20.2 Å². The molecule has 0 aliphatic rings. The van der Waals surface area contributed by atoms with Gasteiger partial charge in [-0.15, -0.1) is 10.2 Å². The number of azo groups is 1. The number of anilines is 4. The molecule has 3 aromatic carbocycles. The maximum absolute atomic E-state index is 13.7. The minimum atomic E-state index is -4.86. The zero-order valence-electron chi connectivity index (χ0n) is 27.8. The van der Waals surface area contributed by atoms with Crippen LogP contribution in [-0.4, -0.2) is 74.5 Å². The van der Waals surface area contributed by atoms with E-state index < -0.39 is 71.7 Å². The molecule has 0 saturated carbocycles. The minimum absolute atomic E-state index is 0.152. The molecule has 5 N–H and O–H groups in total. The highest BCUT2D eigenvalue weighted by Gasteiger charge is 2.33. The number of nitrogens with zero attached hydrogens (tertiary/aromatic N) is 5. The Balaban J connectivity index is 2.00. The molecule has 1 aromatic heterocycles. The van der Waals surface area contributed by atoms with Crippen molar-refractivity contribution in [2.24, 2.45) is 16.1 Å². The van der Waals surface area contributed by atoms with Gasteiger partial charge >= 0.3 is 18.2 Å². The van der Waals surface area contributed by atoms with Crippen molar-refractivity contribution in [1.82, 2.24) is 15.0 Å². The van der Waals surface area contributed by atoms with Crippen LogP contribution < -0.4 is 20.9 Å². The standard InChI is InChI=1S/C29H31F3N8O10S2/c1-6-14(2)22(25(42)43)34-27-35-26(36-28(37-27)48-3)33-18-11-12-20(52(46,47)49-4)15-13-19(40-50-51(5,44)45)23(24(41)21(15)18)39-38-17-10-8-7-9-16(17)29(30,31)32/h7-14,22,40-41H,6H2,1-5H3,(H,42,43)(H2,33,34,35,36,37). The van der Waals surface area contributed by atoms with Gasteiger partial charge in [-0.2, -0.15) is 49.2 Å². The van der Waals surface area contributed by atoms with Gasteiger partial charge in [-0.05, 0) is 36.2 Å². The van der Waals surface area contributed by atoms with E-state index >= 15 is 0 Å². The number of carboxylic acids is 1. The highest BCUT2D eigenvalue weighted by molar-refractivity contribution is 7.87. The number of ether oxygens (including phenoxy) is 1. The molecule has 0 spiro atoms. The third-order valence-corrected chi connectivity index (χ3v) is 9.00. The number of carboxylic acid groups (broad SMARTS) is 1. The van der Waals surface area contributed by atoms with E-state index in [1.54, 1.807) is 13.8 Å². The van der Waals surface area contributed by atoms with Crippen LogP contribution in [0.25, 0.3) is 10.8 Å². The number of hydrogen-bond acceptors (Lipinski definition) is 17. The molecular weight excluding hydrogens is 741 g/mol. The number of carbonyl (C=O) groups is 1. The van der Waals surface area contributed by atoms with Gasteiger partial charge in [0.05, 0.1) is 48.5 Å². The molecular formula is C29H31F3N8O10S2. The Morgan fingerprint density at radius 2 is 1.67 bits per heavy atom. The molecule has 1 heterocycles. The van der Waals surface area contributed by atoms with Gasteiger partial charge in [0.15, 0.2) is 11.4 Å². The summed E-state index contributed by atoms with van der Waals surface area (Å²) in [6.45, 7) is 3.47. The lowest BCUT2D eigenvalue weighted by Gasteiger charge is -2.20. The Morgan fingerprint density at radius 3 is 2.27 bits per heavy atom. The van der Waals surface area contributed by atoms with Crippen LogP contribution in [0.2, 0.25) is 0 Å². The molecule has 4 aromatic rings. The predicted molar refractivity (Wildman–Crippen MR) is 179 cm³/mol. The number of aromatic nitrogens is 3. The first-order valence-electron chi connectivity index (χ1n) is 14.7. The molecule has 0 radical (unpaired) electrons. The van der Waals surface area contributed by atoms with Crippen molar-refractivity contribution in [2.45, 2.75) is 37.4 Å². The van der Waals surface area contributed by atoms with Crippen LogP contribution in [0.5, 0.6) is 11.8 Å². The average molecular weight is 773 g/mol. The summed E-state index contributed by atoms with van der Waals surface area (Å²) in [6, 6.07) is 5.81. The number of phenolic OH excluding ortho intramolecular Hbond substituents is 1. The van der Waals surface area contributed by atoms with E-state index in [-0.39, 0.29) is 40.3 Å². The van der Waals surface area contributed by atoms with Gasteiger partial charge in [0, 0.05) is 5.39 Å². The number of methoxy groups -OCH3 is 1. The lowest BCUT2D eigenvalue weighted by Crippen LogP contribution is -2.36. The van der Waals surface area contributed by atoms with E-state index in [0.717, 1.165) is 43.5 Å². The lowest BCUT2D eigenvalue weighted by atomic mass is 10.00. The third kappa shape index (κ3) is 9.09. The fourth-order valence-electron chi connectivity index (χ4n) is 4.58. The maximum Gasteiger partial charge on any atom is 0.418 e. The smallest absolute Gasteiger partial charge is 0.418 e. The number of hydrogen-bond donors (Lipinski definition) is 5. The summed E-state index contributed by atoms with van der Waals surface area (Å²) in [5, 5.41) is 33.6. The summed E-state index contributed by atoms with van der Waals surface area (Å²) >= 11 is 0. The van der Waals surface area contributed by atoms with E-state index in [2.05, 4.69) is 44.3 Å². The zero-order valence-corrected chi connectivity index (χ0v) is 29.4. The first kappa shape index (κ1) is 39.4. The molecule has 2 atom stereocenters. The van der Waals surface area contributed by atoms with Gasteiger partial charge in [0.2, 0.25) is 11.9 Å². The molecule has 23 heteroatoms. The van der Waals surface area contributed by atoms with Gasteiger partial charge in [-0.25, -0.2) is 10.3 Å². The molecule has 0 fully saturated rings. The number of aromatic hydroxyl groups is 1. The third-order valence-electron chi connectivity index (χ3n) is 7.28. The Hall–Kier alpha value is -5.39. The second-order valence-corrected chi connectivity index (χ2v) is 14.1. The second kappa shape index (κ2) is 15.5. The van der Waals surface area contributed by atoms with Crippen LogP contribution in [0.1, 0.15) is 25.8 Å². The highest BCUT2D eigenvalue weighted by atomic mass is 32.2. The molecule has 0 aliphatic carbocycles. The number of nitrogens with one attached hydrogen (secondary N) is 3. The normalized spacial score (nSPS) is 13.5. The van der Waals surface area contributed by atoms with Crippen molar-refractivity contribution in [3.05, 3.63) is 48.0 Å². The van der Waals surface area contributed by atoms with Crippen LogP contribution in [-0.2, 0) is 39.7 Å². The highest BCUT2D eigenvalue weighted by Crippen LogP contribution is 2.48. The van der Waals surface area contributed by atoms with Crippen molar-refractivity contribution in [2.75, 3.05) is 36.6 Å². The SMILES string of the molecule is CCC(C)C(Nc1nc(Nc2ccc(S(=O)(=O)OC)c3cc(NOS(C)(=O)=O)c(N=Nc4ccccc4C(F)(F)F)c(O)c23)nc(OC)n1)C(=O)O. The first-order valence-corrected chi connectivity index (χ1v) is 17.9. The van der Waals surface area contributed by atoms with E-state index in [1.165, 1.54) is 13.2 Å². The fraction of sp³-hybridized carbons (Fsp3) is 0.310. The summed E-state index contributed by atoms with van der Waals surface area (Å²) in [7, 11) is -6.75. The molecule has 18 nitrogen and oxygen atoms in total. The number of phenols is 1. The molecule has 0 aliphatic heterocycles. The minimum Gasteiger partial charge on any atom is -0.505 e. The van der Waals surface area contributed by atoms with E-state index in [9.17, 15) is 45.0 Å². The van der Waals surface area contributed by atoms with E-state index in [1.807, 2.05) is 5.48 Å². The van der Waals surface area contributed by atoms with Crippen molar-refractivity contribution in [3.8, 4) is 11.8 Å². The summed E-state index contributed by atoms with van der Waals surface area (Å²) in [5.41, 5.74) is -1.27. The first-order chi connectivity index (χ1) is 24.3. The number of benzene rings is 3. The summed E-state index contributed by atoms with van der Waals surface area (Å²) in [6.07, 6.45) is -3.73. The van der Waals surface area contributed by atoms with Crippen LogP contribution in [0.3, 0.4) is 0 Å². The topological polar surface area (TPSA) is 253 Å². The Kier molecular flexibility index (Phi) is 11.7. The van der Waals surface area contributed by atoms with E-state index in [4.69, 9.17) is 4.74 Å². The number of fused-ring (bicyclic) bond motifs is 1. The number of aliphatic carboxylic acids is 1. The van der Waals surface area contributed by atoms with Gasteiger partial charge < -0.3 is 25.6 Å². The summed E-state index contributed by atoms with van der Waals surface area (Å²) in [4.78, 5) is 23.7. The van der Waals surface area contributed by atoms with Crippen molar-refractivity contribution >= 4 is 71.6 Å². The Bertz CT molecular complexity index is 2240. The molecule has 0 saturated heterocycles. The van der Waals surface area contributed by atoms with Crippen LogP contribution >= 0.6 is 0 Å². The number of halogens is 3. The number of alkyl halides is 3. The predicted octanol–water partition coefficient (Wildman–Crippen LogP) is 5.47. The second-order valence-electron chi connectivity index (χ2n) is 10.8. The molecule has 52 heavy (non-hydrogen) atoms. The number of rotatable bonds is 15. The lowest BCUT2D eigenvalue weighted by molar-refractivity contribution is -0.139. The molecule has 0 bridgehead atoms. The Morgan fingerprint density at radius 1 is 1.00 bits per heavy atom. The van der Waals surface area contributed by atoms with Crippen LogP contribution in [0, 0.1) is 5.92 Å².